The molecule has 5 heteroatoms. The van der Waals surface area contributed by atoms with E-state index in [-0.39, 0.29) is 12.2 Å². The second kappa shape index (κ2) is 5.75. The quantitative estimate of drug-likeness (QED) is 0.575. The first-order chi connectivity index (χ1) is 6.69. The van der Waals surface area contributed by atoms with Gasteiger partial charge in [0.2, 0.25) is 0 Å². The van der Waals surface area contributed by atoms with Crippen LogP contribution in [0, 0.1) is 0 Å². The predicted octanol–water partition coefficient (Wildman–Crippen LogP) is 1.67. The van der Waals surface area contributed by atoms with Gasteiger partial charge in [-0.25, -0.2) is 4.79 Å². The molecule has 4 nitrogen and oxygen atoms in total. The fourth-order valence-electron chi connectivity index (χ4n) is 1.49. The Bertz CT molecular complexity index is 200. The van der Waals surface area contributed by atoms with Gasteiger partial charge in [0, 0.05) is 17.6 Å². The van der Waals surface area contributed by atoms with Crippen molar-refractivity contribution in [2.75, 3.05) is 26.8 Å². The molecule has 0 spiro atoms. The van der Waals surface area contributed by atoms with Crippen molar-refractivity contribution in [2.45, 2.75) is 23.4 Å². The van der Waals surface area contributed by atoms with Gasteiger partial charge in [-0.15, -0.1) is 0 Å². The monoisotopic (exact) mass is 313 g/mol. The molecule has 1 aliphatic rings. The third kappa shape index (κ3) is 2.98. The minimum absolute atomic E-state index is 0.133. The highest BCUT2D eigenvalue weighted by Crippen LogP contribution is 2.21. The Morgan fingerprint density at radius 2 is 2.36 bits per heavy atom. The van der Waals surface area contributed by atoms with Crippen LogP contribution in [0.15, 0.2) is 0 Å². The molecular weight excluding hydrogens is 297 g/mol. The molecule has 1 aliphatic heterocycles. The van der Waals surface area contributed by atoms with Crippen molar-refractivity contribution in [1.82, 2.24) is 4.90 Å². The summed E-state index contributed by atoms with van der Waals surface area (Å²) in [5.41, 5.74) is 0. The summed E-state index contributed by atoms with van der Waals surface area (Å²) in [5.74, 6) is 0. The zero-order chi connectivity index (χ0) is 10.6. The van der Waals surface area contributed by atoms with Crippen LogP contribution < -0.4 is 0 Å². The largest absolute Gasteiger partial charge is 0.450 e. The van der Waals surface area contributed by atoms with Crippen LogP contribution in [0.5, 0.6) is 0 Å². The lowest BCUT2D eigenvalue weighted by atomic mass is 10.1. The highest BCUT2D eigenvalue weighted by molar-refractivity contribution is 14.1. The van der Waals surface area contributed by atoms with Gasteiger partial charge in [-0.05, 0) is 13.3 Å². The molecule has 0 radical (unpaired) electrons. The second-order valence-electron chi connectivity index (χ2n) is 3.22. The van der Waals surface area contributed by atoms with Crippen LogP contribution >= 0.6 is 22.6 Å². The van der Waals surface area contributed by atoms with Crippen molar-refractivity contribution >= 4 is 28.7 Å². The van der Waals surface area contributed by atoms with Crippen molar-refractivity contribution in [2.24, 2.45) is 0 Å². The lowest BCUT2D eigenvalue weighted by Gasteiger charge is -2.34. The molecule has 1 rings (SSSR count). The number of nitrogens with zero attached hydrogens (tertiary/aromatic N) is 1. The summed E-state index contributed by atoms with van der Waals surface area (Å²) in [6.45, 7) is 3.66. The molecule has 2 atom stereocenters. The molecule has 82 valence electrons. The molecule has 0 N–H and O–H groups in total. The summed E-state index contributed by atoms with van der Waals surface area (Å²) in [4.78, 5) is 13.1. The van der Waals surface area contributed by atoms with Crippen molar-refractivity contribution in [3.05, 3.63) is 0 Å². The Balaban J connectivity index is 2.45. The molecule has 0 aliphatic carbocycles. The summed E-state index contributed by atoms with van der Waals surface area (Å²) in [7, 11) is 1.69. The lowest BCUT2D eigenvalue weighted by Crippen LogP contribution is -2.48. The van der Waals surface area contributed by atoms with Gasteiger partial charge >= 0.3 is 6.09 Å². The van der Waals surface area contributed by atoms with E-state index in [1.165, 1.54) is 0 Å². The molecule has 14 heavy (non-hydrogen) atoms. The van der Waals surface area contributed by atoms with Crippen LogP contribution in [0.1, 0.15) is 13.3 Å². The molecule has 0 saturated carbocycles. The number of likely N-dealkylation sites (tertiary alicyclic amines) is 1. The Kier molecular flexibility index (Phi) is 4.94. The molecule has 1 amide bonds. The minimum atomic E-state index is -0.224. The van der Waals surface area contributed by atoms with Gasteiger partial charge < -0.3 is 14.4 Å². The van der Waals surface area contributed by atoms with Gasteiger partial charge in [0.15, 0.2) is 0 Å². The maximum atomic E-state index is 11.4. The zero-order valence-corrected chi connectivity index (χ0v) is 10.7. The molecule has 0 aromatic carbocycles. The highest BCUT2D eigenvalue weighted by atomic mass is 127. The normalized spacial score (nSPS) is 27.5. The van der Waals surface area contributed by atoms with E-state index in [0.29, 0.717) is 17.1 Å². The van der Waals surface area contributed by atoms with Gasteiger partial charge in [0.25, 0.3) is 0 Å². The van der Waals surface area contributed by atoms with Gasteiger partial charge in [-0.3, -0.25) is 0 Å². The number of piperidine rings is 1. The first-order valence-electron chi connectivity index (χ1n) is 4.77. The fourth-order valence-corrected chi connectivity index (χ4v) is 2.29. The molecule has 1 saturated heterocycles. The van der Waals surface area contributed by atoms with Crippen LogP contribution in [0.2, 0.25) is 0 Å². The van der Waals surface area contributed by atoms with E-state index < -0.39 is 0 Å². The molecule has 1 heterocycles. The van der Waals surface area contributed by atoms with Crippen LogP contribution in [-0.4, -0.2) is 47.8 Å². The summed E-state index contributed by atoms with van der Waals surface area (Å²) in [5, 5.41) is 0. The Labute approximate surface area is 98.1 Å². The second-order valence-corrected chi connectivity index (χ2v) is 4.82. The third-order valence-electron chi connectivity index (χ3n) is 2.31. The van der Waals surface area contributed by atoms with E-state index in [1.807, 2.05) is 6.92 Å². The average Bonchev–Trinajstić information content (AvgIpc) is 2.19. The number of amides is 1. The van der Waals surface area contributed by atoms with Crippen LogP contribution in [0.25, 0.3) is 0 Å². The SMILES string of the molecule is CCOC(=O)N1CCC(I)C(OC)C1. The van der Waals surface area contributed by atoms with E-state index in [9.17, 15) is 4.79 Å². The molecular formula is C9H16INO3. The van der Waals surface area contributed by atoms with Gasteiger partial charge in [-0.2, -0.15) is 0 Å². The average molecular weight is 313 g/mol. The van der Waals surface area contributed by atoms with Crippen molar-refractivity contribution < 1.29 is 14.3 Å². The molecule has 0 aromatic heterocycles. The maximum absolute atomic E-state index is 11.4. The number of methoxy groups -OCH3 is 1. The van der Waals surface area contributed by atoms with E-state index in [1.54, 1.807) is 12.0 Å². The number of ether oxygens (including phenoxy) is 2. The third-order valence-corrected chi connectivity index (χ3v) is 3.73. The van der Waals surface area contributed by atoms with E-state index in [4.69, 9.17) is 9.47 Å². The number of halogens is 1. The predicted molar refractivity (Wildman–Crippen MR) is 61.8 cm³/mol. The first-order valence-corrected chi connectivity index (χ1v) is 6.02. The van der Waals surface area contributed by atoms with Crippen molar-refractivity contribution in [1.29, 1.82) is 0 Å². The lowest BCUT2D eigenvalue weighted by molar-refractivity contribution is 0.0319. The maximum Gasteiger partial charge on any atom is 0.409 e. The van der Waals surface area contributed by atoms with Crippen molar-refractivity contribution in [3.63, 3.8) is 0 Å². The number of hydrogen-bond acceptors (Lipinski definition) is 3. The Morgan fingerprint density at radius 3 is 2.93 bits per heavy atom. The number of alkyl halides is 1. The van der Waals surface area contributed by atoms with Gasteiger partial charge in [0.05, 0.1) is 19.3 Å². The summed E-state index contributed by atoms with van der Waals surface area (Å²) >= 11 is 2.37. The summed E-state index contributed by atoms with van der Waals surface area (Å²) < 4.78 is 10.7. The molecule has 2 unspecified atom stereocenters. The van der Waals surface area contributed by atoms with Crippen LogP contribution in [0.3, 0.4) is 0 Å². The van der Waals surface area contributed by atoms with Gasteiger partial charge in [-0.1, -0.05) is 22.6 Å². The smallest absolute Gasteiger partial charge is 0.409 e. The first kappa shape index (κ1) is 12.0. The standard InChI is InChI=1S/C9H16INO3/c1-3-14-9(12)11-5-4-7(10)8(6-11)13-2/h7-8H,3-6H2,1-2H3. The molecule has 0 aromatic rings. The summed E-state index contributed by atoms with van der Waals surface area (Å²) in [6, 6.07) is 0. The van der Waals surface area contributed by atoms with Crippen LogP contribution in [-0.2, 0) is 9.47 Å². The van der Waals surface area contributed by atoms with Gasteiger partial charge in [0.1, 0.15) is 0 Å². The Morgan fingerprint density at radius 1 is 1.64 bits per heavy atom. The van der Waals surface area contributed by atoms with E-state index in [2.05, 4.69) is 22.6 Å². The van der Waals surface area contributed by atoms with E-state index >= 15 is 0 Å². The summed E-state index contributed by atoms with van der Waals surface area (Å²) in [6.07, 6.45) is 0.879. The highest BCUT2D eigenvalue weighted by Gasteiger charge is 2.30. The Hall–Kier alpha value is -0.0400. The minimum Gasteiger partial charge on any atom is -0.450 e. The number of carbonyl (C=O) groups is 1. The zero-order valence-electron chi connectivity index (χ0n) is 8.53. The van der Waals surface area contributed by atoms with E-state index in [0.717, 1.165) is 13.0 Å². The number of hydrogen-bond donors (Lipinski definition) is 0. The number of rotatable bonds is 2. The molecule has 1 fully saturated rings. The van der Waals surface area contributed by atoms with Crippen molar-refractivity contribution in [3.8, 4) is 0 Å². The number of carbonyl (C=O) groups excluding carboxylic acids is 1. The topological polar surface area (TPSA) is 38.8 Å². The molecule has 0 bridgehead atoms. The van der Waals surface area contributed by atoms with Crippen LogP contribution in [0.4, 0.5) is 4.79 Å². The fraction of sp³-hybridized carbons (Fsp3) is 0.889.